The Balaban J connectivity index is 1.67. The molecule has 0 aromatic heterocycles. The number of rotatable bonds is 2. The fourth-order valence-electron chi connectivity index (χ4n) is 8.51. The molecule has 0 N–H and O–H groups in total. The maximum absolute atomic E-state index is 2.72. The summed E-state index contributed by atoms with van der Waals surface area (Å²) in [5, 5.41) is 0. The molecule has 0 bridgehead atoms. The standard InChI is InChI=1S/C22H37I/c1-4-16-13-15(14-23)20-18-9-8-17-7-5-6-11-21(17,2)19(18)10-12-22(16,20)3/h15-20H,4-14H2,1-3H3/t15?,16-,17?,18+,19-,20-,21-,22+/m0/s1. The van der Waals surface area contributed by atoms with Crippen molar-refractivity contribution in [2.45, 2.75) is 85.0 Å². The molecule has 2 unspecified atom stereocenters. The zero-order chi connectivity index (χ0) is 16.2. The number of alkyl halides is 1. The largest absolute Gasteiger partial charge is 0.0861 e. The van der Waals surface area contributed by atoms with Crippen LogP contribution < -0.4 is 0 Å². The molecule has 0 saturated heterocycles. The highest BCUT2D eigenvalue weighted by molar-refractivity contribution is 14.1. The van der Waals surface area contributed by atoms with Crippen molar-refractivity contribution in [2.24, 2.45) is 46.3 Å². The second-order valence-corrected chi connectivity index (χ2v) is 11.0. The Kier molecular flexibility index (Phi) is 4.60. The molecular weight excluding hydrogens is 391 g/mol. The number of hydrogen-bond donors (Lipinski definition) is 0. The van der Waals surface area contributed by atoms with Gasteiger partial charge in [0.25, 0.3) is 0 Å². The molecule has 4 fully saturated rings. The van der Waals surface area contributed by atoms with E-state index in [0.29, 0.717) is 10.8 Å². The van der Waals surface area contributed by atoms with Gasteiger partial charge in [-0.1, -0.05) is 62.6 Å². The van der Waals surface area contributed by atoms with E-state index in [1.165, 1.54) is 23.7 Å². The molecule has 0 spiro atoms. The molecule has 0 aliphatic heterocycles. The molecule has 4 saturated carbocycles. The van der Waals surface area contributed by atoms with Gasteiger partial charge in [0.05, 0.1) is 0 Å². The van der Waals surface area contributed by atoms with E-state index in [0.717, 1.165) is 35.5 Å². The van der Waals surface area contributed by atoms with Gasteiger partial charge < -0.3 is 0 Å². The van der Waals surface area contributed by atoms with Crippen LogP contribution >= 0.6 is 22.6 Å². The Morgan fingerprint density at radius 3 is 2.52 bits per heavy atom. The Bertz CT molecular complexity index is 445. The second kappa shape index (κ2) is 6.16. The van der Waals surface area contributed by atoms with Gasteiger partial charge in [-0.05, 0) is 91.3 Å². The smallest absolute Gasteiger partial charge is 0.00267 e. The molecule has 4 aliphatic rings. The molecule has 0 heterocycles. The van der Waals surface area contributed by atoms with Gasteiger partial charge in [0, 0.05) is 4.43 Å². The first-order valence-electron chi connectivity index (χ1n) is 10.6. The number of halogens is 1. The van der Waals surface area contributed by atoms with Crippen LogP contribution in [0.4, 0.5) is 0 Å². The predicted octanol–water partition coefficient (Wildman–Crippen LogP) is 7.11. The van der Waals surface area contributed by atoms with E-state index in [4.69, 9.17) is 0 Å². The van der Waals surface area contributed by atoms with Gasteiger partial charge in [-0.15, -0.1) is 0 Å². The summed E-state index contributed by atoms with van der Waals surface area (Å²) in [5.74, 6) is 6.32. The number of fused-ring (bicyclic) bond motifs is 5. The van der Waals surface area contributed by atoms with E-state index in [2.05, 4.69) is 43.4 Å². The highest BCUT2D eigenvalue weighted by Gasteiger charge is 2.61. The van der Waals surface area contributed by atoms with Crippen molar-refractivity contribution in [1.29, 1.82) is 0 Å². The van der Waals surface area contributed by atoms with Gasteiger partial charge >= 0.3 is 0 Å². The van der Waals surface area contributed by atoms with Crippen molar-refractivity contribution in [1.82, 2.24) is 0 Å². The summed E-state index contributed by atoms with van der Waals surface area (Å²) >= 11 is 2.72. The van der Waals surface area contributed by atoms with E-state index in [1.807, 2.05) is 0 Å². The number of hydrogen-bond acceptors (Lipinski definition) is 0. The second-order valence-electron chi connectivity index (χ2n) is 10.1. The van der Waals surface area contributed by atoms with Crippen molar-refractivity contribution in [2.75, 3.05) is 4.43 Å². The molecule has 8 atom stereocenters. The summed E-state index contributed by atoms with van der Waals surface area (Å²) in [6.45, 7) is 7.90. The van der Waals surface area contributed by atoms with Gasteiger partial charge in [0.15, 0.2) is 0 Å². The minimum absolute atomic E-state index is 0.684. The monoisotopic (exact) mass is 428 g/mol. The average Bonchev–Trinajstić information content (AvgIpc) is 2.86. The first-order valence-corrected chi connectivity index (χ1v) is 12.1. The van der Waals surface area contributed by atoms with Gasteiger partial charge in [-0.25, -0.2) is 0 Å². The lowest BCUT2D eigenvalue weighted by atomic mass is 9.44. The van der Waals surface area contributed by atoms with Crippen LogP contribution in [0.3, 0.4) is 0 Å². The van der Waals surface area contributed by atoms with Crippen LogP contribution in [0, 0.1) is 46.3 Å². The maximum atomic E-state index is 2.72. The molecule has 4 aliphatic carbocycles. The Morgan fingerprint density at radius 1 is 0.957 bits per heavy atom. The third-order valence-electron chi connectivity index (χ3n) is 9.60. The zero-order valence-electron chi connectivity index (χ0n) is 15.6. The molecule has 0 aromatic carbocycles. The third-order valence-corrected chi connectivity index (χ3v) is 10.7. The van der Waals surface area contributed by atoms with Crippen LogP contribution in [0.25, 0.3) is 0 Å². The molecule has 132 valence electrons. The molecule has 0 radical (unpaired) electrons. The molecular formula is C22H37I. The Labute approximate surface area is 158 Å². The average molecular weight is 428 g/mol. The highest BCUT2D eigenvalue weighted by atomic mass is 127. The van der Waals surface area contributed by atoms with Gasteiger partial charge in [0.1, 0.15) is 0 Å². The van der Waals surface area contributed by atoms with E-state index in [-0.39, 0.29) is 0 Å². The lowest BCUT2D eigenvalue weighted by molar-refractivity contribution is -0.117. The summed E-state index contributed by atoms with van der Waals surface area (Å²) in [6, 6.07) is 0. The maximum Gasteiger partial charge on any atom is 0.00267 e. The summed E-state index contributed by atoms with van der Waals surface area (Å²) in [4.78, 5) is 0. The van der Waals surface area contributed by atoms with E-state index in [1.54, 1.807) is 44.9 Å². The van der Waals surface area contributed by atoms with Gasteiger partial charge in [-0.2, -0.15) is 0 Å². The van der Waals surface area contributed by atoms with Gasteiger partial charge in [0.2, 0.25) is 0 Å². The van der Waals surface area contributed by atoms with Crippen LogP contribution in [0.5, 0.6) is 0 Å². The Morgan fingerprint density at radius 2 is 1.78 bits per heavy atom. The lowest BCUT2D eigenvalue weighted by Crippen LogP contribution is -2.53. The van der Waals surface area contributed by atoms with Crippen LogP contribution in [-0.4, -0.2) is 4.43 Å². The van der Waals surface area contributed by atoms with Crippen LogP contribution in [0.15, 0.2) is 0 Å². The third kappa shape index (κ3) is 2.40. The van der Waals surface area contributed by atoms with Crippen LogP contribution in [0.2, 0.25) is 0 Å². The molecule has 4 rings (SSSR count). The summed E-state index contributed by atoms with van der Waals surface area (Å²) in [5.41, 5.74) is 1.40. The van der Waals surface area contributed by atoms with Crippen molar-refractivity contribution >= 4 is 22.6 Å². The van der Waals surface area contributed by atoms with E-state index in [9.17, 15) is 0 Å². The first-order chi connectivity index (χ1) is 11.0. The minimum Gasteiger partial charge on any atom is -0.0861 e. The zero-order valence-corrected chi connectivity index (χ0v) is 17.8. The Hall–Kier alpha value is 0.730. The molecule has 1 heteroatoms. The van der Waals surface area contributed by atoms with E-state index < -0.39 is 0 Å². The van der Waals surface area contributed by atoms with Crippen molar-refractivity contribution < 1.29 is 0 Å². The highest BCUT2D eigenvalue weighted by Crippen LogP contribution is 2.69. The summed E-state index contributed by atoms with van der Waals surface area (Å²) in [7, 11) is 0. The van der Waals surface area contributed by atoms with Crippen LogP contribution in [-0.2, 0) is 0 Å². The van der Waals surface area contributed by atoms with Crippen LogP contribution in [0.1, 0.15) is 85.0 Å². The summed E-state index contributed by atoms with van der Waals surface area (Å²) in [6.07, 6.45) is 15.4. The topological polar surface area (TPSA) is 0 Å². The molecule has 0 nitrogen and oxygen atoms in total. The van der Waals surface area contributed by atoms with Crippen molar-refractivity contribution in [3.63, 3.8) is 0 Å². The fraction of sp³-hybridized carbons (Fsp3) is 1.00. The summed E-state index contributed by atoms with van der Waals surface area (Å²) < 4.78 is 1.41. The SMILES string of the molecule is CC[C@H]1CC(CI)[C@H]2[C@@H]3CCC4CCCC[C@]4(C)[C@H]3CC[C@]12C. The van der Waals surface area contributed by atoms with Crippen molar-refractivity contribution in [3.05, 3.63) is 0 Å². The minimum atomic E-state index is 0.684. The lowest BCUT2D eigenvalue weighted by Gasteiger charge is -2.61. The molecule has 0 amide bonds. The predicted molar refractivity (Wildman–Crippen MR) is 108 cm³/mol. The quantitative estimate of drug-likeness (QED) is 0.325. The van der Waals surface area contributed by atoms with Gasteiger partial charge in [-0.3, -0.25) is 0 Å². The fourth-order valence-corrected chi connectivity index (χ4v) is 9.42. The molecule has 23 heavy (non-hydrogen) atoms. The van der Waals surface area contributed by atoms with E-state index >= 15 is 0 Å². The molecule has 0 aromatic rings. The first kappa shape index (κ1) is 17.2. The van der Waals surface area contributed by atoms with Crippen molar-refractivity contribution in [3.8, 4) is 0 Å². The normalized spacial score (nSPS) is 55.8.